The lowest BCUT2D eigenvalue weighted by Crippen LogP contribution is -2.44. The van der Waals surface area contributed by atoms with Gasteiger partial charge in [0.05, 0.1) is 80.8 Å². The summed E-state index contributed by atoms with van der Waals surface area (Å²) in [5.74, 6) is -0.135. The maximum atomic E-state index is 11.8. The highest BCUT2D eigenvalue weighted by atomic mass is 16.5. The van der Waals surface area contributed by atoms with E-state index in [-0.39, 0.29) is 25.0 Å². The molecule has 36 heavy (non-hydrogen) atoms. The number of quaternary nitrogens is 2. The smallest absolute Gasteiger partial charge is 0.246 e. The third kappa shape index (κ3) is 23.1. The number of carbonyl (C=O) groups excluding carboxylic acids is 2. The number of unbranched alkanes of at least 4 members (excludes halogenated alkanes) is 1. The molecule has 0 aromatic carbocycles. The maximum absolute atomic E-state index is 11.8. The molecule has 0 aromatic heterocycles. The van der Waals surface area contributed by atoms with E-state index in [1.165, 1.54) is 12.8 Å². The van der Waals surface area contributed by atoms with Gasteiger partial charge in [-0.15, -0.1) is 0 Å². The first-order chi connectivity index (χ1) is 17.1. The van der Waals surface area contributed by atoms with Crippen molar-refractivity contribution < 1.29 is 37.5 Å². The number of amides is 2. The molecule has 0 fully saturated rings. The minimum Gasteiger partial charge on any atom is -0.379 e. The summed E-state index contributed by atoms with van der Waals surface area (Å²) in [7, 11) is 9.01. The highest BCUT2D eigenvalue weighted by Gasteiger charge is 2.18. The summed E-state index contributed by atoms with van der Waals surface area (Å²) < 4.78 is 22.8. The molecule has 2 amide bonds. The first-order valence-electron chi connectivity index (χ1n) is 13.6. The number of ether oxygens (including phenoxy) is 4. The van der Waals surface area contributed by atoms with Crippen LogP contribution in [0.25, 0.3) is 0 Å². The van der Waals surface area contributed by atoms with Crippen LogP contribution in [0.1, 0.15) is 39.5 Å². The largest absolute Gasteiger partial charge is 0.379 e. The lowest BCUT2D eigenvalue weighted by atomic mass is 10.2. The fraction of sp³-hybridized carbons (Fsp3) is 0.923. The molecule has 0 aliphatic heterocycles. The quantitative estimate of drug-likeness (QED) is 0.138. The Morgan fingerprint density at radius 1 is 0.556 bits per heavy atom. The summed E-state index contributed by atoms with van der Waals surface area (Å²) in [5.41, 5.74) is 0. The Morgan fingerprint density at radius 2 is 0.889 bits per heavy atom. The fourth-order valence-electron chi connectivity index (χ4n) is 3.73. The van der Waals surface area contributed by atoms with Gasteiger partial charge in [0.25, 0.3) is 0 Å². The Morgan fingerprint density at radius 3 is 1.25 bits per heavy atom. The van der Waals surface area contributed by atoms with Crippen molar-refractivity contribution in [3.63, 3.8) is 0 Å². The van der Waals surface area contributed by atoms with Gasteiger partial charge < -0.3 is 38.5 Å². The first-order valence-corrected chi connectivity index (χ1v) is 13.6. The fourth-order valence-corrected chi connectivity index (χ4v) is 3.73. The Labute approximate surface area is 220 Å². The van der Waals surface area contributed by atoms with Gasteiger partial charge >= 0.3 is 0 Å². The van der Waals surface area contributed by atoms with Crippen LogP contribution in [0.3, 0.4) is 0 Å². The zero-order valence-electron chi connectivity index (χ0n) is 24.1. The second-order valence-electron chi connectivity index (χ2n) is 10.4. The number of hydrogen-bond acceptors (Lipinski definition) is 6. The molecule has 214 valence electrons. The standard InChI is InChI=1S/C26H54N4O6/c1-7-33-19-21-35-23-25(31)27-13-11-17-29(3,4)15-9-10-16-30(5,6)18-12-14-28-26(32)24-36-22-20-34-8-2/h7-24H2,1-6H3/p+2. The SMILES string of the molecule is CCOCCOCC(=O)NCCC[N+](C)(C)CCCC[N+](C)(C)CCCNC(=O)COCCOCC. The Kier molecular flexibility index (Phi) is 21.0. The molecule has 10 nitrogen and oxygen atoms in total. The average molecular weight is 521 g/mol. The van der Waals surface area contributed by atoms with Crippen molar-refractivity contribution in [3.8, 4) is 0 Å². The van der Waals surface area contributed by atoms with E-state index in [1.807, 2.05) is 13.8 Å². The monoisotopic (exact) mass is 520 g/mol. The molecule has 0 aliphatic carbocycles. The molecule has 0 spiro atoms. The van der Waals surface area contributed by atoms with Crippen molar-refractivity contribution in [1.29, 1.82) is 0 Å². The van der Waals surface area contributed by atoms with Crippen LogP contribution >= 0.6 is 0 Å². The lowest BCUT2D eigenvalue weighted by molar-refractivity contribution is -0.896. The molecule has 0 rings (SSSR count). The summed E-state index contributed by atoms with van der Waals surface area (Å²) in [5, 5.41) is 5.85. The van der Waals surface area contributed by atoms with Crippen molar-refractivity contribution in [1.82, 2.24) is 10.6 Å². The van der Waals surface area contributed by atoms with E-state index in [4.69, 9.17) is 18.9 Å². The second-order valence-corrected chi connectivity index (χ2v) is 10.4. The predicted octanol–water partition coefficient (Wildman–Crippen LogP) is 1.04. The topological polar surface area (TPSA) is 95.1 Å². The average Bonchev–Trinajstić information content (AvgIpc) is 2.82. The van der Waals surface area contributed by atoms with Crippen LogP contribution in [0.5, 0.6) is 0 Å². The van der Waals surface area contributed by atoms with Crippen molar-refractivity contribution in [2.24, 2.45) is 0 Å². The van der Waals surface area contributed by atoms with E-state index >= 15 is 0 Å². The number of hydrogen-bond donors (Lipinski definition) is 2. The third-order valence-electron chi connectivity index (χ3n) is 5.92. The van der Waals surface area contributed by atoms with Crippen molar-refractivity contribution >= 4 is 11.8 Å². The number of nitrogens with one attached hydrogen (secondary N) is 2. The third-order valence-corrected chi connectivity index (χ3v) is 5.92. The normalized spacial score (nSPS) is 12.1. The van der Waals surface area contributed by atoms with E-state index in [0.717, 1.165) is 48.0 Å². The molecular weight excluding hydrogens is 464 g/mol. The predicted molar refractivity (Wildman–Crippen MR) is 143 cm³/mol. The van der Waals surface area contributed by atoms with Crippen LogP contribution in [0, 0.1) is 0 Å². The lowest BCUT2D eigenvalue weighted by Gasteiger charge is -2.32. The van der Waals surface area contributed by atoms with E-state index in [9.17, 15) is 9.59 Å². The van der Waals surface area contributed by atoms with Crippen LogP contribution in [0.4, 0.5) is 0 Å². The minimum atomic E-state index is -0.0674. The van der Waals surface area contributed by atoms with Gasteiger partial charge in [-0.2, -0.15) is 0 Å². The van der Waals surface area contributed by atoms with E-state index in [0.29, 0.717) is 52.7 Å². The van der Waals surface area contributed by atoms with E-state index in [1.54, 1.807) is 0 Å². The van der Waals surface area contributed by atoms with Crippen molar-refractivity contribution in [3.05, 3.63) is 0 Å². The zero-order chi connectivity index (χ0) is 27.1. The van der Waals surface area contributed by atoms with Gasteiger partial charge in [-0.3, -0.25) is 9.59 Å². The summed E-state index contributed by atoms with van der Waals surface area (Å²) in [6.07, 6.45) is 4.24. The molecule has 0 saturated carbocycles. The first kappa shape index (κ1) is 34.7. The van der Waals surface area contributed by atoms with Crippen LogP contribution in [0.15, 0.2) is 0 Å². The van der Waals surface area contributed by atoms with E-state index in [2.05, 4.69) is 38.8 Å². The van der Waals surface area contributed by atoms with E-state index < -0.39 is 0 Å². The van der Waals surface area contributed by atoms with Crippen LogP contribution in [-0.2, 0) is 28.5 Å². The van der Waals surface area contributed by atoms with Crippen LogP contribution < -0.4 is 10.6 Å². The molecular formula is C26H56N4O6+2. The molecule has 0 radical (unpaired) electrons. The van der Waals surface area contributed by atoms with Gasteiger partial charge in [0.2, 0.25) is 11.8 Å². The molecule has 0 aromatic rings. The molecule has 0 heterocycles. The summed E-state index contributed by atoms with van der Waals surface area (Å²) in [6, 6.07) is 0. The number of rotatable bonds is 25. The van der Waals surface area contributed by atoms with Crippen molar-refractivity contribution in [2.45, 2.75) is 39.5 Å². The molecule has 10 heteroatoms. The minimum absolute atomic E-state index is 0.0674. The maximum Gasteiger partial charge on any atom is 0.246 e. The highest BCUT2D eigenvalue weighted by molar-refractivity contribution is 5.77. The number of carbonyl (C=O) groups is 2. The summed E-state index contributed by atoms with van der Waals surface area (Å²) >= 11 is 0. The Balaban J connectivity index is 3.78. The Hall–Kier alpha value is -1.30. The molecule has 0 bridgehead atoms. The second kappa shape index (κ2) is 21.8. The van der Waals surface area contributed by atoms with Gasteiger partial charge in [0, 0.05) is 52.0 Å². The van der Waals surface area contributed by atoms with Gasteiger partial charge in [-0.1, -0.05) is 0 Å². The Bertz CT molecular complexity index is 513. The molecule has 0 aliphatic rings. The molecule has 2 N–H and O–H groups in total. The molecule has 0 unspecified atom stereocenters. The van der Waals surface area contributed by atoms with Gasteiger partial charge in [0.1, 0.15) is 13.2 Å². The van der Waals surface area contributed by atoms with Gasteiger partial charge in [-0.05, 0) is 13.8 Å². The van der Waals surface area contributed by atoms with Crippen LogP contribution in [0.2, 0.25) is 0 Å². The van der Waals surface area contributed by atoms with Gasteiger partial charge in [-0.25, -0.2) is 0 Å². The molecule has 0 saturated heterocycles. The highest BCUT2D eigenvalue weighted by Crippen LogP contribution is 2.07. The number of nitrogens with zero attached hydrogens (tertiary/aromatic N) is 2. The van der Waals surface area contributed by atoms with Crippen molar-refractivity contribution in [2.75, 3.05) is 120 Å². The van der Waals surface area contributed by atoms with Gasteiger partial charge in [0.15, 0.2) is 0 Å². The summed E-state index contributed by atoms with van der Waals surface area (Å²) in [6.45, 7) is 13.0. The molecule has 0 atom stereocenters. The summed E-state index contributed by atoms with van der Waals surface area (Å²) in [4.78, 5) is 23.6. The van der Waals surface area contributed by atoms with Crippen LogP contribution in [-0.4, -0.2) is 141 Å². The zero-order valence-corrected chi connectivity index (χ0v) is 24.1.